The molecule has 2 heterocycles. The van der Waals surface area contributed by atoms with Crippen molar-refractivity contribution in [3.63, 3.8) is 0 Å². The van der Waals surface area contributed by atoms with E-state index in [1.165, 1.54) is 4.68 Å². The first-order chi connectivity index (χ1) is 12.1. The van der Waals surface area contributed by atoms with Gasteiger partial charge in [0.25, 0.3) is 11.5 Å². The van der Waals surface area contributed by atoms with E-state index in [9.17, 15) is 18.0 Å². The molecule has 1 aliphatic rings. The first kappa shape index (κ1) is 18.6. The number of amides is 1. The maximum atomic E-state index is 12.9. The second-order valence-corrected chi connectivity index (χ2v) is 9.82. The summed E-state index contributed by atoms with van der Waals surface area (Å²) >= 11 is 0. The van der Waals surface area contributed by atoms with Crippen LogP contribution in [0.1, 0.15) is 37.7 Å². The van der Waals surface area contributed by atoms with Gasteiger partial charge in [-0.15, -0.1) is 0 Å². The molecule has 1 aromatic carbocycles. The van der Waals surface area contributed by atoms with Crippen LogP contribution < -0.4 is 10.9 Å². The highest BCUT2D eigenvalue weighted by molar-refractivity contribution is 7.91. The molecule has 0 radical (unpaired) electrons. The number of carbonyl (C=O) groups is 1. The Kier molecular flexibility index (Phi) is 4.64. The summed E-state index contributed by atoms with van der Waals surface area (Å²) in [6, 6.07) is 6.85. The lowest BCUT2D eigenvalue weighted by Crippen LogP contribution is -2.47. The predicted molar refractivity (Wildman–Crippen MR) is 100.0 cm³/mol. The van der Waals surface area contributed by atoms with Crippen molar-refractivity contribution < 1.29 is 13.2 Å². The zero-order chi connectivity index (χ0) is 19.1. The van der Waals surface area contributed by atoms with E-state index in [4.69, 9.17) is 0 Å². The van der Waals surface area contributed by atoms with Crippen LogP contribution in [0, 0.1) is 5.92 Å². The summed E-state index contributed by atoms with van der Waals surface area (Å²) in [6.07, 6.45) is 0.366. The van der Waals surface area contributed by atoms with Gasteiger partial charge in [0.15, 0.2) is 15.5 Å². The Hall–Kier alpha value is -2.22. The summed E-state index contributed by atoms with van der Waals surface area (Å²) in [5.74, 6) is -0.298. The van der Waals surface area contributed by atoms with Gasteiger partial charge in [-0.25, -0.2) is 13.1 Å². The molecule has 8 heteroatoms. The zero-order valence-electron chi connectivity index (χ0n) is 15.2. The van der Waals surface area contributed by atoms with Gasteiger partial charge in [0.2, 0.25) is 0 Å². The fraction of sp³-hybridized carbons (Fsp3) is 0.500. The summed E-state index contributed by atoms with van der Waals surface area (Å²) in [7, 11) is -3.15. The smallest absolute Gasteiger partial charge is 0.274 e. The molecule has 140 valence electrons. The van der Waals surface area contributed by atoms with Crippen LogP contribution in [0.3, 0.4) is 0 Å². The van der Waals surface area contributed by atoms with Gasteiger partial charge in [0.1, 0.15) is 0 Å². The van der Waals surface area contributed by atoms with Gasteiger partial charge in [-0.05, 0) is 25.3 Å². The van der Waals surface area contributed by atoms with Gasteiger partial charge in [-0.1, -0.05) is 32.0 Å². The SMILES string of the molecule is CC(C)Cn1nc(C(=O)N[C@@]2(C)CCS(=O)(=O)C2)c2ccccc2c1=O. The molecule has 0 aliphatic carbocycles. The van der Waals surface area contributed by atoms with Crippen LogP contribution in [-0.2, 0) is 16.4 Å². The summed E-state index contributed by atoms with van der Waals surface area (Å²) in [5, 5.41) is 8.02. The number of aromatic nitrogens is 2. The molecule has 0 saturated carbocycles. The quantitative estimate of drug-likeness (QED) is 0.867. The molecule has 1 aromatic heterocycles. The van der Waals surface area contributed by atoms with E-state index >= 15 is 0 Å². The van der Waals surface area contributed by atoms with Crippen LogP contribution in [0.2, 0.25) is 0 Å². The summed E-state index contributed by atoms with van der Waals surface area (Å²) < 4.78 is 24.9. The van der Waals surface area contributed by atoms with E-state index < -0.39 is 21.3 Å². The topological polar surface area (TPSA) is 98.1 Å². The van der Waals surface area contributed by atoms with Crippen molar-refractivity contribution >= 4 is 26.5 Å². The van der Waals surface area contributed by atoms with Crippen LogP contribution >= 0.6 is 0 Å². The second kappa shape index (κ2) is 6.50. The van der Waals surface area contributed by atoms with Crippen molar-refractivity contribution in [2.24, 2.45) is 5.92 Å². The Morgan fingerprint density at radius 1 is 1.31 bits per heavy atom. The van der Waals surface area contributed by atoms with E-state index in [2.05, 4.69) is 10.4 Å². The van der Waals surface area contributed by atoms with Crippen LogP contribution in [0.15, 0.2) is 29.1 Å². The van der Waals surface area contributed by atoms with Gasteiger partial charge in [-0.2, -0.15) is 5.10 Å². The average Bonchev–Trinajstić information content (AvgIpc) is 2.82. The third kappa shape index (κ3) is 3.65. The minimum absolute atomic E-state index is 0.0603. The molecule has 1 N–H and O–H groups in total. The third-order valence-electron chi connectivity index (χ3n) is 4.54. The molecular formula is C18H23N3O4S. The minimum Gasteiger partial charge on any atom is -0.344 e. The molecule has 0 spiro atoms. The van der Waals surface area contributed by atoms with Crippen molar-refractivity contribution in [1.29, 1.82) is 0 Å². The second-order valence-electron chi connectivity index (χ2n) is 7.63. The van der Waals surface area contributed by atoms with Gasteiger partial charge >= 0.3 is 0 Å². The van der Waals surface area contributed by atoms with Crippen LogP contribution in [0.4, 0.5) is 0 Å². The standard InChI is InChI=1S/C18H23N3O4S/c1-12(2)10-21-17(23)14-7-5-4-6-13(14)15(20-21)16(22)19-18(3)8-9-26(24,25)11-18/h4-7,12H,8-11H2,1-3H3,(H,19,22)/t18-/m0/s1. The lowest BCUT2D eigenvalue weighted by molar-refractivity contribution is 0.0909. The maximum absolute atomic E-state index is 12.9. The first-order valence-corrected chi connectivity index (χ1v) is 10.5. The molecular weight excluding hydrogens is 354 g/mol. The summed E-state index contributed by atoms with van der Waals surface area (Å²) in [4.78, 5) is 25.5. The number of hydrogen-bond donors (Lipinski definition) is 1. The van der Waals surface area contributed by atoms with E-state index in [0.717, 1.165) is 0 Å². The molecule has 26 heavy (non-hydrogen) atoms. The van der Waals surface area contributed by atoms with Crippen molar-refractivity contribution in [2.45, 2.75) is 39.3 Å². The monoisotopic (exact) mass is 377 g/mol. The number of nitrogens with zero attached hydrogens (tertiary/aromatic N) is 2. The Balaban J connectivity index is 2.05. The number of carbonyl (C=O) groups excluding carboxylic acids is 1. The molecule has 7 nitrogen and oxygen atoms in total. The third-order valence-corrected chi connectivity index (χ3v) is 6.44. The summed E-state index contributed by atoms with van der Waals surface area (Å²) in [5.41, 5.74) is -0.913. The Bertz CT molecular complexity index is 1030. The van der Waals surface area contributed by atoms with Crippen molar-refractivity contribution in [3.8, 4) is 0 Å². The van der Waals surface area contributed by atoms with Gasteiger partial charge in [-0.3, -0.25) is 9.59 Å². The average molecular weight is 377 g/mol. The van der Waals surface area contributed by atoms with Gasteiger partial charge in [0.05, 0.1) is 22.4 Å². The maximum Gasteiger partial charge on any atom is 0.274 e. The number of rotatable bonds is 4. The van der Waals surface area contributed by atoms with E-state index in [0.29, 0.717) is 23.7 Å². The van der Waals surface area contributed by atoms with E-state index in [1.807, 2.05) is 13.8 Å². The minimum atomic E-state index is -3.15. The number of benzene rings is 1. The predicted octanol–water partition coefficient (Wildman–Crippen LogP) is 1.36. The van der Waals surface area contributed by atoms with E-state index in [1.54, 1.807) is 31.2 Å². The number of sulfone groups is 1. The molecule has 2 aromatic rings. The van der Waals surface area contributed by atoms with Gasteiger partial charge in [0, 0.05) is 11.9 Å². The lowest BCUT2D eigenvalue weighted by atomic mass is 10.0. The normalized spacial score (nSPS) is 22.0. The Labute approximate surface area is 152 Å². The van der Waals surface area contributed by atoms with E-state index in [-0.39, 0.29) is 28.7 Å². The fourth-order valence-electron chi connectivity index (χ4n) is 3.31. The van der Waals surface area contributed by atoms with Crippen LogP contribution in [-0.4, -0.2) is 41.2 Å². The molecule has 1 fully saturated rings. The molecule has 1 saturated heterocycles. The van der Waals surface area contributed by atoms with Gasteiger partial charge < -0.3 is 5.32 Å². The highest BCUT2D eigenvalue weighted by atomic mass is 32.2. The lowest BCUT2D eigenvalue weighted by Gasteiger charge is -2.24. The molecule has 1 atom stereocenters. The molecule has 1 aliphatic heterocycles. The fourth-order valence-corrected chi connectivity index (χ4v) is 5.41. The molecule has 1 amide bonds. The molecule has 0 bridgehead atoms. The highest BCUT2D eigenvalue weighted by Crippen LogP contribution is 2.24. The highest BCUT2D eigenvalue weighted by Gasteiger charge is 2.40. The number of fused-ring (bicyclic) bond motifs is 1. The van der Waals surface area contributed by atoms with Crippen molar-refractivity contribution in [2.75, 3.05) is 11.5 Å². The van der Waals surface area contributed by atoms with Crippen molar-refractivity contribution in [3.05, 3.63) is 40.3 Å². The van der Waals surface area contributed by atoms with Crippen LogP contribution in [0.25, 0.3) is 10.8 Å². The Morgan fingerprint density at radius 3 is 2.54 bits per heavy atom. The van der Waals surface area contributed by atoms with Crippen molar-refractivity contribution in [1.82, 2.24) is 15.1 Å². The molecule has 3 rings (SSSR count). The number of hydrogen-bond acceptors (Lipinski definition) is 5. The summed E-state index contributed by atoms with van der Waals surface area (Å²) in [6.45, 7) is 6.05. The number of nitrogens with one attached hydrogen (secondary N) is 1. The largest absolute Gasteiger partial charge is 0.344 e. The zero-order valence-corrected chi connectivity index (χ0v) is 16.0. The first-order valence-electron chi connectivity index (χ1n) is 8.63. The van der Waals surface area contributed by atoms with Crippen LogP contribution in [0.5, 0.6) is 0 Å². The molecule has 0 unspecified atom stereocenters. The Morgan fingerprint density at radius 2 is 1.96 bits per heavy atom.